The lowest BCUT2D eigenvalue weighted by molar-refractivity contribution is -0.123. The third kappa shape index (κ3) is 2.02. The van der Waals surface area contributed by atoms with Crippen molar-refractivity contribution in [2.24, 2.45) is 11.7 Å². The Morgan fingerprint density at radius 1 is 1.56 bits per heavy atom. The second-order valence-corrected chi connectivity index (χ2v) is 4.09. The third-order valence-electron chi connectivity index (χ3n) is 2.89. The molecule has 2 amide bonds. The molecule has 0 aliphatic carbocycles. The van der Waals surface area contributed by atoms with Crippen LogP contribution in [0.5, 0.6) is 0 Å². The van der Waals surface area contributed by atoms with Crippen LogP contribution in [0, 0.1) is 23.1 Å². The maximum absolute atomic E-state index is 13.7. The van der Waals surface area contributed by atoms with Crippen molar-refractivity contribution in [3.8, 4) is 6.07 Å². The summed E-state index contributed by atoms with van der Waals surface area (Å²) in [6.45, 7) is 0.0803. The minimum absolute atomic E-state index is 0.00518. The van der Waals surface area contributed by atoms with Crippen molar-refractivity contribution in [1.82, 2.24) is 0 Å². The van der Waals surface area contributed by atoms with E-state index in [0.29, 0.717) is 0 Å². The van der Waals surface area contributed by atoms with Gasteiger partial charge >= 0.3 is 0 Å². The summed E-state index contributed by atoms with van der Waals surface area (Å²) < 4.78 is 13.7. The van der Waals surface area contributed by atoms with Gasteiger partial charge in [-0.25, -0.2) is 4.39 Å². The fourth-order valence-corrected chi connectivity index (χ4v) is 1.93. The maximum atomic E-state index is 13.7. The number of nitrogens with zero attached hydrogens (tertiary/aromatic N) is 2. The van der Waals surface area contributed by atoms with E-state index in [1.165, 1.54) is 17.0 Å². The number of amides is 2. The van der Waals surface area contributed by atoms with E-state index in [1.54, 1.807) is 6.07 Å². The number of hydrogen-bond acceptors (Lipinski definition) is 3. The van der Waals surface area contributed by atoms with Crippen molar-refractivity contribution in [3.63, 3.8) is 0 Å². The second kappa shape index (κ2) is 4.45. The van der Waals surface area contributed by atoms with Crippen LogP contribution in [-0.2, 0) is 9.59 Å². The number of rotatable bonds is 2. The van der Waals surface area contributed by atoms with Crippen LogP contribution in [0.3, 0.4) is 0 Å². The largest absolute Gasteiger partial charge is 0.369 e. The summed E-state index contributed by atoms with van der Waals surface area (Å²) in [5, 5.41) is 8.63. The zero-order chi connectivity index (χ0) is 13.3. The van der Waals surface area contributed by atoms with E-state index < -0.39 is 17.6 Å². The number of carbonyl (C=O) groups excluding carboxylic acids is 2. The molecule has 1 aliphatic rings. The minimum atomic E-state index is -0.660. The van der Waals surface area contributed by atoms with Gasteiger partial charge < -0.3 is 10.6 Å². The molecular weight excluding hydrogens is 237 g/mol. The Hall–Kier alpha value is -2.42. The van der Waals surface area contributed by atoms with Gasteiger partial charge in [-0.3, -0.25) is 9.59 Å². The first-order valence-corrected chi connectivity index (χ1v) is 5.32. The molecule has 0 saturated carbocycles. The highest BCUT2D eigenvalue weighted by molar-refractivity contribution is 6.00. The number of primary amides is 1. The molecule has 1 fully saturated rings. The molecule has 5 nitrogen and oxygen atoms in total. The van der Waals surface area contributed by atoms with Crippen molar-refractivity contribution < 1.29 is 14.0 Å². The number of halogens is 1. The highest BCUT2D eigenvalue weighted by Gasteiger charge is 2.35. The average Bonchev–Trinajstić information content (AvgIpc) is 2.71. The second-order valence-electron chi connectivity index (χ2n) is 4.09. The Morgan fingerprint density at radius 2 is 2.28 bits per heavy atom. The quantitative estimate of drug-likeness (QED) is 0.827. The van der Waals surface area contributed by atoms with Crippen LogP contribution in [0.25, 0.3) is 0 Å². The van der Waals surface area contributed by atoms with Crippen molar-refractivity contribution in [2.75, 3.05) is 11.4 Å². The van der Waals surface area contributed by atoms with Gasteiger partial charge in [-0.15, -0.1) is 0 Å². The molecule has 92 valence electrons. The Labute approximate surface area is 103 Å². The van der Waals surface area contributed by atoms with Gasteiger partial charge in [0.15, 0.2) is 0 Å². The van der Waals surface area contributed by atoms with Crippen LogP contribution in [0.1, 0.15) is 12.0 Å². The van der Waals surface area contributed by atoms with E-state index >= 15 is 0 Å². The first-order valence-electron chi connectivity index (χ1n) is 5.32. The lowest BCUT2D eigenvalue weighted by Crippen LogP contribution is -2.29. The van der Waals surface area contributed by atoms with Crippen LogP contribution in [0.15, 0.2) is 18.2 Å². The Kier molecular flexibility index (Phi) is 2.98. The molecular formula is C12H10FN3O2. The van der Waals surface area contributed by atoms with E-state index in [0.717, 1.165) is 6.07 Å². The summed E-state index contributed by atoms with van der Waals surface area (Å²) in [4.78, 5) is 23.9. The summed E-state index contributed by atoms with van der Waals surface area (Å²) in [6, 6.07) is 5.64. The SMILES string of the molecule is N#Cc1ccc(N2CC(C(N)=O)CC2=O)c(F)c1. The number of nitrogens with two attached hydrogens (primary N) is 1. The number of nitriles is 1. The highest BCUT2D eigenvalue weighted by Crippen LogP contribution is 2.27. The summed E-state index contributed by atoms with van der Waals surface area (Å²) in [5.41, 5.74) is 5.38. The number of hydrogen-bond donors (Lipinski definition) is 1. The fourth-order valence-electron chi connectivity index (χ4n) is 1.93. The Balaban J connectivity index is 2.30. The van der Waals surface area contributed by atoms with Crippen molar-refractivity contribution >= 4 is 17.5 Å². The predicted molar refractivity (Wildman–Crippen MR) is 60.8 cm³/mol. The third-order valence-corrected chi connectivity index (χ3v) is 2.89. The van der Waals surface area contributed by atoms with Crippen LogP contribution < -0.4 is 10.6 Å². The molecule has 1 aromatic rings. The molecule has 1 aliphatic heterocycles. The molecule has 1 unspecified atom stereocenters. The molecule has 1 saturated heterocycles. The smallest absolute Gasteiger partial charge is 0.227 e. The Morgan fingerprint density at radius 3 is 2.78 bits per heavy atom. The number of anilines is 1. The lowest BCUT2D eigenvalue weighted by Gasteiger charge is -2.16. The van der Waals surface area contributed by atoms with Crippen molar-refractivity contribution in [3.05, 3.63) is 29.6 Å². The molecule has 6 heteroatoms. The molecule has 18 heavy (non-hydrogen) atoms. The monoisotopic (exact) mass is 247 g/mol. The summed E-state index contributed by atoms with van der Waals surface area (Å²) in [6.07, 6.45) is -0.00518. The molecule has 0 radical (unpaired) electrons. The van der Waals surface area contributed by atoms with Crippen LogP contribution in [0.4, 0.5) is 10.1 Å². The van der Waals surface area contributed by atoms with Gasteiger partial charge in [-0.05, 0) is 18.2 Å². The lowest BCUT2D eigenvalue weighted by atomic mass is 10.1. The van der Waals surface area contributed by atoms with E-state index in [1.807, 2.05) is 0 Å². The maximum Gasteiger partial charge on any atom is 0.227 e. The van der Waals surface area contributed by atoms with Gasteiger partial charge in [-0.1, -0.05) is 0 Å². The van der Waals surface area contributed by atoms with Gasteiger partial charge in [0.25, 0.3) is 0 Å². The average molecular weight is 247 g/mol. The molecule has 1 aromatic carbocycles. The zero-order valence-electron chi connectivity index (χ0n) is 9.39. The number of carbonyl (C=O) groups is 2. The minimum Gasteiger partial charge on any atom is -0.369 e. The molecule has 1 atom stereocenters. The van der Waals surface area contributed by atoms with Gasteiger partial charge in [-0.2, -0.15) is 5.26 Å². The van der Waals surface area contributed by atoms with E-state index in [2.05, 4.69) is 0 Å². The standard InChI is InChI=1S/C12H10FN3O2/c13-9-3-7(5-14)1-2-10(9)16-6-8(12(15)18)4-11(16)17/h1-3,8H,4,6H2,(H2,15,18). The molecule has 0 aromatic heterocycles. The molecule has 0 spiro atoms. The van der Waals surface area contributed by atoms with E-state index in [4.69, 9.17) is 11.0 Å². The molecule has 2 N–H and O–H groups in total. The predicted octanol–water partition coefficient (Wildman–Crippen LogP) is 0.536. The zero-order valence-corrected chi connectivity index (χ0v) is 9.39. The highest BCUT2D eigenvalue weighted by atomic mass is 19.1. The molecule has 2 rings (SSSR count). The van der Waals surface area contributed by atoms with Crippen molar-refractivity contribution in [1.29, 1.82) is 5.26 Å². The van der Waals surface area contributed by atoms with Crippen LogP contribution in [-0.4, -0.2) is 18.4 Å². The molecule has 1 heterocycles. The first kappa shape index (κ1) is 12.0. The van der Waals surface area contributed by atoms with Crippen molar-refractivity contribution in [2.45, 2.75) is 6.42 Å². The normalized spacial score (nSPS) is 18.8. The summed E-state index contributed by atoms with van der Waals surface area (Å²) >= 11 is 0. The van der Waals surface area contributed by atoms with Crippen LogP contribution in [0.2, 0.25) is 0 Å². The molecule has 0 bridgehead atoms. The first-order chi connectivity index (χ1) is 8.52. The van der Waals surface area contributed by atoms with E-state index in [-0.39, 0.29) is 30.1 Å². The van der Waals surface area contributed by atoms with Gasteiger partial charge in [0.1, 0.15) is 5.82 Å². The Bertz CT molecular complexity index is 565. The summed E-state index contributed by atoms with van der Waals surface area (Å²) in [5.74, 6) is -2.16. The van der Waals surface area contributed by atoms with Gasteiger partial charge in [0, 0.05) is 13.0 Å². The van der Waals surface area contributed by atoms with E-state index in [9.17, 15) is 14.0 Å². The van der Waals surface area contributed by atoms with Gasteiger partial charge in [0.2, 0.25) is 11.8 Å². The summed E-state index contributed by atoms with van der Waals surface area (Å²) in [7, 11) is 0. The topological polar surface area (TPSA) is 87.2 Å². The van der Waals surface area contributed by atoms with Gasteiger partial charge in [0.05, 0.1) is 23.2 Å². The van der Waals surface area contributed by atoms with Crippen LogP contribution >= 0.6 is 0 Å². The number of benzene rings is 1. The fraction of sp³-hybridized carbons (Fsp3) is 0.250.